The fourth-order valence-corrected chi connectivity index (χ4v) is 10.3. The number of hydrogen-bond donors (Lipinski definition) is 2. The molecule has 0 bridgehead atoms. The Balaban J connectivity index is 1.34. The van der Waals surface area contributed by atoms with Crippen LogP contribution in [0.5, 0.6) is 11.5 Å². The molecule has 13 nitrogen and oxygen atoms in total. The molecule has 326 valence electrons. The average Bonchev–Trinajstić information content (AvgIpc) is 3.93. The number of non-ortho nitro benzene ring substituents is 1. The van der Waals surface area contributed by atoms with Gasteiger partial charge in [0, 0.05) is 76.4 Å². The maximum absolute atomic E-state index is 14.4. The van der Waals surface area contributed by atoms with Gasteiger partial charge in [0.05, 0.1) is 23.2 Å². The number of hydrogen-bond acceptors (Lipinski definition) is 11. The van der Waals surface area contributed by atoms with Gasteiger partial charge in [-0.25, -0.2) is 0 Å². The summed E-state index contributed by atoms with van der Waals surface area (Å²) in [4.78, 5) is 35.6. The van der Waals surface area contributed by atoms with Crippen molar-refractivity contribution in [3.8, 4) is 11.5 Å². The number of likely N-dealkylation sites (N-methyl/N-ethyl adjacent to an activating group) is 1. The molecule has 1 amide bonds. The molecule has 0 aromatic heterocycles. The highest BCUT2D eigenvalue weighted by molar-refractivity contribution is 6.03. The standard InChI is InChI=1S/C47H64N4O9/c1-3-27-58-47-43(49(2)44(54)21-16-33-10-4-5-11-33)31-41(48-59-32-34-14-17-36(18-15-34)51(55)56)39-29-35(12-6-8-25-52)38(13-7-9-26-53)45(46(39)47)40-30-37(19-20-42(40)60-47)57-28-24-50-22-23-50/h3,14-15,17-20,29-30,33,35,38,43,45-46,52-53H,1,4-13,16,21-28,31-32H2,2H3/t35-,38+,43-,45+,46+,47+/m0/s1. The summed E-state index contributed by atoms with van der Waals surface area (Å²) < 4.78 is 20.7. The molecule has 13 heteroatoms. The number of unbranched alkanes of at least 4 members (excludes halogenated alkanes) is 2. The summed E-state index contributed by atoms with van der Waals surface area (Å²) in [6, 6.07) is 11.8. The van der Waals surface area contributed by atoms with Gasteiger partial charge in [-0.3, -0.25) is 19.8 Å². The first kappa shape index (κ1) is 43.8. The Morgan fingerprint density at radius 3 is 2.52 bits per heavy atom. The van der Waals surface area contributed by atoms with Crippen molar-refractivity contribution < 1.29 is 39.0 Å². The van der Waals surface area contributed by atoms with Gasteiger partial charge in [0.15, 0.2) is 0 Å². The van der Waals surface area contributed by atoms with E-state index in [9.17, 15) is 25.1 Å². The minimum absolute atomic E-state index is 0.00250. The largest absolute Gasteiger partial charge is 0.492 e. The van der Waals surface area contributed by atoms with Crippen molar-refractivity contribution in [2.45, 2.75) is 108 Å². The molecule has 1 saturated heterocycles. The van der Waals surface area contributed by atoms with Gasteiger partial charge in [0.2, 0.25) is 11.7 Å². The van der Waals surface area contributed by atoms with Crippen molar-refractivity contribution in [3.05, 3.63) is 88.0 Å². The highest BCUT2D eigenvalue weighted by atomic mass is 16.7. The normalized spacial score (nSPS) is 26.4. The van der Waals surface area contributed by atoms with Crippen LogP contribution in [0.1, 0.15) is 101 Å². The van der Waals surface area contributed by atoms with Crippen LogP contribution in [-0.2, 0) is 21.0 Å². The SMILES string of the molecule is C=CCO[C@@]12Oc3ccc(OCCN4CC4)cc3[C@H]3[C@H](CCCCO)[C@@H](CCCCO)C=C(C(=NOCc4ccc([N+](=O)[O-])cc4)C[C@@H]1N(C)C(=O)CCC1CCCC1)[C@H]32. The summed E-state index contributed by atoms with van der Waals surface area (Å²) in [6.07, 6.45) is 15.1. The number of ether oxygens (including phenoxy) is 3. The number of amides is 1. The number of nitro benzene ring substituents is 1. The monoisotopic (exact) mass is 828 g/mol. The molecule has 5 aliphatic rings. The number of rotatable bonds is 23. The van der Waals surface area contributed by atoms with E-state index in [1.54, 1.807) is 18.2 Å². The summed E-state index contributed by atoms with van der Waals surface area (Å²) in [5, 5.41) is 36.0. The Labute approximate surface area is 354 Å². The highest BCUT2D eigenvalue weighted by Crippen LogP contribution is 2.62. The van der Waals surface area contributed by atoms with E-state index in [-0.39, 0.29) is 55.8 Å². The van der Waals surface area contributed by atoms with Crippen molar-refractivity contribution in [1.82, 2.24) is 9.80 Å². The quantitative estimate of drug-likeness (QED) is 0.0377. The molecule has 0 spiro atoms. The molecule has 2 aliphatic heterocycles. The van der Waals surface area contributed by atoms with Crippen LogP contribution in [-0.4, -0.2) is 101 Å². The molecule has 2 aromatic carbocycles. The number of nitrogens with zero attached hydrogens (tertiary/aromatic N) is 4. The highest BCUT2D eigenvalue weighted by Gasteiger charge is 2.65. The Bertz CT molecular complexity index is 1840. The van der Waals surface area contributed by atoms with Gasteiger partial charge in [-0.05, 0) is 91.3 Å². The van der Waals surface area contributed by atoms with Crippen molar-refractivity contribution in [1.29, 1.82) is 0 Å². The van der Waals surface area contributed by atoms with E-state index in [0.717, 1.165) is 87.0 Å². The van der Waals surface area contributed by atoms with Gasteiger partial charge < -0.3 is 34.2 Å². The maximum atomic E-state index is 14.4. The first-order valence-electron chi connectivity index (χ1n) is 22.3. The van der Waals surface area contributed by atoms with Gasteiger partial charge in [-0.15, -0.1) is 6.58 Å². The van der Waals surface area contributed by atoms with Crippen LogP contribution in [0, 0.1) is 33.8 Å². The molecular weight excluding hydrogens is 765 g/mol. The first-order chi connectivity index (χ1) is 29.3. The van der Waals surface area contributed by atoms with Crippen molar-refractivity contribution >= 4 is 17.3 Å². The van der Waals surface area contributed by atoms with Gasteiger partial charge in [-0.1, -0.05) is 55.8 Å². The zero-order valence-electron chi connectivity index (χ0n) is 35.3. The molecular formula is C47H64N4O9. The second-order valence-electron chi connectivity index (χ2n) is 17.4. The topological polar surface area (TPSA) is 156 Å². The predicted octanol–water partition coefficient (Wildman–Crippen LogP) is 7.55. The molecule has 7 rings (SSSR count). The minimum atomic E-state index is -1.31. The molecule has 3 fully saturated rings. The van der Waals surface area contributed by atoms with Gasteiger partial charge in [0.1, 0.15) is 30.8 Å². The fraction of sp³-hybridized carbons (Fsp3) is 0.617. The summed E-state index contributed by atoms with van der Waals surface area (Å²) in [5.41, 5.74) is 3.44. The number of benzene rings is 2. The van der Waals surface area contributed by atoms with Gasteiger partial charge in [0.25, 0.3) is 5.69 Å². The van der Waals surface area contributed by atoms with E-state index in [1.807, 2.05) is 24.1 Å². The van der Waals surface area contributed by atoms with E-state index in [1.165, 1.54) is 25.0 Å². The average molecular weight is 829 g/mol. The lowest BCUT2D eigenvalue weighted by Crippen LogP contribution is -2.69. The summed E-state index contributed by atoms with van der Waals surface area (Å²) in [5.74, 6) is 0.415. The third kappa shape index (κ3) is 10.1. The molecule has 2 saturated carbocycles. The molecule has 60 heavy (non-hydrogen) atoms. The van der Waals surface area contributed by atoms with Crippen molar-refractivity contribution in [2.24, 2.45) is 28.8 Å². The molecule has 2 aromatic rings. The number of fused-ring (bicyclic) bond motifs is 2. The van der Waals surface area contributed by atoms with Crippen LogP contribution in [0.15, 0.2) is 71.9 Å². The summed E-state index contributed by atoms with van der Waals surface area (Å²) in [7, 11) is 1.87. The van der Waals surface area contributed by atoms with Crippen LogP contribution in [0.3, 0.4) is 0 Å². The molecule has 0 radical (unpaired) electrons. The second-order valence-corrected chi connectivity index (χ2v) is 17.4. The Morgan fingerprint density at radius 2 is 1.82 bits per heavy atom. The molecule has 0 unspecified atom stereocenters. The van der Waals surface area contributed by atoms with E-state index in [4.69, 9.17) is 24.2 Å². The lowest BCUT2D eigenvalue weighted by atomic mass is 9.55. The number of aliphatic hydroxyl groups is 2. The number of allylic oxidation sites excluding steroid dienone is 1. The zero-order valence-corrected chi connectivity index (χ0v) is 35.3. The van der Waals surface area contributed by atoms with Gasteiger partial charge in [-0.2, -0.15) is 0 Å². The number of carbonyl (C=O) groups excluding carboxylic acids is 1. The number of nitro groups is 1. The fourth-order valence-electron chi connectivity index (χ4n) is 10.3. The lowest BCUT2D eigenvalue weighted by Gasteiger charge is -2.59. The van der Waals surface area contributed by atoms with E-state index in [2.05, 4.69) is 23.6 Å². The Morgan fingerprint density at radius 1 is 1.07 bits per heavy atom. The van der Waals surface area contributed by atoms with Crippen molar-refractivity contribution in [2.75, 3.05) is 53.1 Å². The summed E-state index contributed by atoms with van der Waals surface area (Å²) >= 11 is 0. The smallest absolute Gasteiger partial charge is 0.269 e. The lowest BCUT2D eigenvalue weighted by molar-refractivity contribution is -0.384. The molecule has 2 N–H and O–H groups in total. The van der Waals surface area contributed by atoms with E-state index in [0.29, 0.717) is 49.7 Å². The van der Waals surface area contributed by atoms with E-state index >= 15 is 0 Å². The second kappa shape index (κ2) is 20.5. The third-order valence-electron chi connectivity index (χ3n) is 13.5. The molecule has 6 atom stereocenters. The van der Waals surface area contributed by atoms with Crippen LogP contribution < -0.4 is 9.47 Å². The zero-order chi connectivity index (χ0) is 42.1. The van der Waals surface area contributed by atoms with Crippen LogP contribution >= 0.6 is 0 Å². The Hall–Kier alpha value is -4.30. The Kier molecular flexibility index (Phi) is 15.0. The first-order valence-corrected chi connectivity index (χ1v) is 22.3. The molecule has 3 aliphatic carbocycles. The minimum Gasteiger partial charge on any atom is -0.492 e. The van der Waals surface area contributed by atoms with Crippen LogP contribution in [0.4, 0.5) is 5.69 Å². The van der Waals surface area contributed by atoms with E-state index < -0.39 is 22.7 Å². The molecule has 2 heterocycles. The predicted molar refractivity (Wildman–Crippen MR) is 229 cm³/mol. The van der Waals surface area contributed by atoms with Crippen LogP contribution in [0.25, 0.3) is 0 Å². The van der Waals surface area contributed by atoms with Crippen molar-refractivity contribution in [3.63, 3.8) is 0 Å². The van der Waals surface area contributed by atoms with Gasteiger partial charge >= 0.3 is 0 Å². The number of aliphatic hydroxyl groups excluding tert-OH is 2. The number of oxime groups is 1. The maximum Gasteiger partial charge on any atom is 0.269 e. The van der Waals surface area contributed by atoms with Crippen LogP contribution in [0.2, 0.25) is 0 Å². The number of carbonyl (C=O) groups is 1. The summed E-state index contributed by atoms with van der Waals surface area (Å²) in [6.45, 7) is 8.19. The third-order valence-corrected chi connectivity index (χ3v) is 13.5.